The van der Waals surface area contributed by atoms with Crippen LogP contribution in [0.5, 0.6) is 5.75 Å². The quantitative estimate of drug-likeness (QED) is 0.329. The largest absolute Gasteiger partial charge is 0.473 e. The first-order valence-electron chi connectivity index (χ1n) is 14.5. The molecule has 2 heterocycles. The summed E-state index contributed by atoms with van der Waals surface area (Å²) in [7, 11) is -2.40. The molecule has 3 fully saturated rings. The zero-order valence-electron chi connectivity index (χ0n) is 24.6. The van der Waals surface area contributed by atoms with Crippen molar-refractivity contribution in [1.82, 2.24) is 15.1 Å². The molecule has 2 aliphatic heterocycles. The maximum Gasteiger partial charge on any atom is 0.471 e. The van der Waals surface area contributed by atoms with Crippen molar-refractivity contribution in [2.75, 3.05) is 25.2 Å². The van der Waals surface area contributed by atoms with Gasteiger partial charge in [0.25, 0.3) is 5.91 Å². The number of ether oxygens (including phenoxy) is 1. The Balaban J connectivity index is 1.42. The smallest absolute Gasteiger partial charge is 0.471 e. The average Bonchev–Trinajstić information content (AvgIpc) is 3.89. The number of carbonyl (C=O) groups excluding carboxylic acids is 5. The van der Waals surface area contributed by atoms with E-state index in [1.807, 2.05) is 0 Å². The van der Waals surface area contributed by atoms with Crippen LogP contribution < -0.4 is 21.1 Å². The third kappa shape index (κ3) is 6.87. The van der Waals surface area contributed by atoms with Crippen molar-refractivity contribution in [2.24, 2.45) is 17.6 Å². The number of likely N-dealkylation sites (tertiary alicyclic amines) is 1. The van der Waals surface area contributed by atoms with Gasteiger partial charge in [-0.2, -0.15) is 13.2 Å². The van der Waals surface area contributed by atoms with Crippen molar-refractivity contribution in [3.8, 4) is 5.75 Å². The van der Waals surface area contributed by atoms with E-state index in [1.165, 1.54) is 25.2 Å². The highest BCUT2D eigenvalue weighted by molar-refractivity contribution is 7.90. The standard InChI is InChI=1S/C28H34F3N5O8S/c1-35(23(38)18(9-14-3-4-14)34-26(41)28(29,30)31)19(10-15-5-6-15)24(39)36-13-27(12-20(36)22(32)37)25(40)33-17-8-7-16(45(2,42)43)11-21(17)44-27/h7-8,11,14-15,18-20H,3-6,9-10,12-13H2,1-2H3,(H2,32,37)(H,33,40)(H,34,41)/t18-,19-,20-,27+/m0/s1. The Hall–Kier alpha value is -3.89. The Morgan fingerprint density at radius 1 is 1.16 bits per heavy atom. The maximum atomic E-state index is 14.2. The highest BCUT2D eigenvalue weighted by Gasteiger charge is 2.58. The molecule has 17 heteroatoms. The predicted octanol–water partition coefficient (Wildman–Crippen LogP) is 0.720. The second-order valence-corrected chi connectivity index (χ2v) is 14.4. The van der Waals surface area contributed by atoms with Crippen molar-refractivity contribution in [3.63, 3.8) is 0 Å². The summed E-state index contributed by atoms with van der Waals surface area (Å²) in [6.45, 7) is -0.479. The minimum absolute atomic E-state index is 0.000180. The molecule has 4 aliphatic rings. The van der Waals surface area contributed by atoms with E-state index in [4.69, 9.17) is 10.5 Å². The third-order valence-electron chi connectivity index (χ3n) is 8.77. The fourth-order valence-electron chi connectivity index (χ4n) is 5.84. The van der Waals surface area contributed by atoms with Gasteiger partial charge in [-0.3, -0.25) is 24.0 Å². The Kier molecular flexibility index (Phi) is 8.29. The van der Waals surface area contributed by atoms with Crippen LogP contribution in [-0.4, -0.2) is 97.5 Å². The monoisotopic (exact) mass is 657 g/mol. The molecular weight excluding hydrogens is 623 g/mol. The number of amides is 5. The first-order chi connectivity index (χ1) is 20.9. The number of nitrogens with zero attached hydrogens (tertiary/aromatic N) is 2. The molecule has 5 rings (SSSR count). The van der Waals surface area contributed by atoms with Crippen molar-refractivity contribution < 1.29 is 50.3 Å². The molecule has 246 valence electrons. The van der Waals surface area contributed by atoms with Gasteiger partial charge in [0.05, 0.1) is 17.1 Å². The first-order valence-corrected chi connectivity index (χ1v) is 16.4. The van der Waals surface area contributed by atoms with Crippen molar-refractivity contribution in [1.29, 1.82) is 0 Å². The van der Waals surface area contributed by atoms with Gasteiger partial charge in [0.1, 0.15) is 23.9 Å². The highest BCUT2D eigenvalue weighted by atomic mass is 32.2. The number of nitrogens with two attached hydrogens (primary N) is 1. The van der Waals surface area contributed by atoms with Gasteiger partial charge in [0, 0.05) is 25.8 Å². The number of nitrogens with one attached hydrogen (secondary N) is 2. The molecule has 2 saturated carbocycles. The van der Waals surface area contributed by atoms with Crippen LogP contribution in [0.15, 0.2) is 23.1 Å². The molecule has 4 atom stereocenters. The summed E-state index contributed by atoms with van der Waals surface area (Å²) in [4.78, 5) is 67.4. The van der Waals surface area contributed by atoms with Crippen LogP contribution in [0.2, 0.25) is 0 Å². The number of halogens is 3. The van der Waals surface area contributed by atoms with Crippen molar-refractivity contribution in [2.45, 2.75) is 79.7 Å². The number of hydrogen-bond acceptors (Lipinski definition) is 8. The summed E-state index contributed by atoms with van der Waals surface area (Å²) in [5.41, 5.74) is 4.00. The summed E-state index contributed by atoms with van der Waals surface area (Å²) in [6.07, 6.45) is -1.63. The van der Waals surface area contributed by atoms with Gasteiger partial charge in [0.2, 0.25) is 23.3 Å². The van der Waals surface area contributed by atoms with Gasteiger partial charge in [-0.05, 0) is 36.8 Å². The lowest BCUT2D eigenvalue weighted by molar-refractivity contribution is -0.175. The van der Waals surface area contributed by atoms with Gasteiger partial charge in [0.15, 0.2) is 9.84 Å². The van der Waals surface area contributed by atoms with E-state index in [9.17, 15) is 45.6 Å². The van der Waals surface area contributed by atoms with E-state index >= 15 is 0 Å². The topological polar surface area (TPSA) is 185 Å². The third-order valence-corrected chi connectivity index (χ3v) is 9.88. The minimum Gasteiger partial charge on any atom is -0.473 e. The van der Waals surface area contributed by atoms with Gasteiger partial charge in [-0.15, -0.1) is 0 Å². The van der Waals surface area contributed by atoms with Crippen LogP contribution in [0.4, 0.5) is 18.9 Å². The molecule has 5 amide bonds. The predicted molar refractivity (Wildman–Crippen MR) is 150 cm³/mol. The van der Waals surface area contributed by atoms with Crippen molar-refractivity contribution >= 4 is 45.1 Å². The normalized spacial score (nSPS) is 24.2. The zero-order valence-corrected chi connectivity index (χ0v) is 25.4. The lowest BCUT2D eigenvalue weighted by Crippen LogP contribution is -2.58. The molecule has 13 nitrogen and oxygen atoms in total. The maximum absolute atomic E-state index is 14.2. The fraction of sp³-hybridized carbons (Fsp3) is 0.607. The molecule has 1 saturated heterocycles. The van der Waals surface area contributed by atoms with Crippen LogP contribution >= 0.6 is 0 Å². The van der Waals surface area contributed by atoms with E-state index in [-0.39, 0.29) is 47.4 Å². The van der Waals surface area contributed by atoms with Crippen molar-refractivity contribution in [3.05, 3.63) is 18.2 Å². The van der Waals surface area contributed by atoms with E-state index in [0.717, 1.165) is 28.9 Å². The number of likely N-dealkylation sites (N-methyl/N-ethyl adjacent to an activating group) is 1. The number of sulfone groups is 1. The van der Waals surface area contributed by atoms with E-state index in [1.54, 1.807) is 5.32 Å². The van der Waals surface area contributed by atoms with Crippen LogP contribution in [0.1, 0.15) is 44.9 Å². The summed E-state index contributed by atoms with van der Waals surface area (Å²) in [6, 6.07) is -0.289. The molecule has 0 unspecified atom stereocenters. The van der Waals surface area contributed by atoms with Gasteiger partial charge in [-0.1, -0.05) is 25.7 Å². The molecule has 4 N–H and O–H groups in total. The number of carbonyl (C=O) groups is 5. The van der Waals surface area contributed by atoms with Crippen LogP contribution in [0.25, 0.3) is 0 Å². The SMILES string of the molecule is CN(C(=O)[C@H](CC1CC1)NC(=O)C(F)(F)F)[C@@H](CC1CC1)C(=O)N1C[C@@]2(C[C@H]1C(N)=O)Oc1cc(S(C)(=O)=O)ccc1NC2=O. The molecule has 1 aromatic carbocycles. The summed E-state index contributed by atoms with van der Waals surface area (Å²) < 4.78 is 69.5. The molecule has 0 radical (unpaired) electrons. The second kappa shape index (κ2) is 11.5. The number of primary amides is 1. The van der Waals surface area contributed by atoms with E-state index in [2.05, 4.69) is 5.32 Å². The van der Waals surface area contributed by atoms with E-state index < -0.39 is 75.8 Å². The van der Waals surface area contributed by atoms with Crippen LogP contribution in [-0.2, 0) is 33.8 Å². The Morgan fingerprint density at radius 3 is 2.33 bits per heavy atom. The summed E-state index contributed by atoms with van der Waals surface area (Å²) >= 11 is 0. The molecule has 2 aliphatic carbocycles. The second-order valence-electron chi connectivity index (χ2n) is 12.4. The number of hydrogen-bond donors (Lipinski definition) is 3. The Morgan fingerprint density at radius 2 is 1.78 bits per heavy atom. The Labute approximate surface area is 256 Å². The minimum atomic E-state index is -5.22. The van der Waals surface area contributed by atoms with Gasteiger partial charge >= 0.3 is 12.1 Å². The fourth-order valence-corrected chi connectivity index (χ4v) is 6.48. The molecular formula is C28H34F3N5O8S. The van der Waals surface area contributed by atoms with Gasteiger partial charge < -0.3 is 30.9 Å². The van der Waals surface area contributed by atoms with Crippen LogP contribution in [0, 0.1) is 11.8 Å². The lowest BCUT2D eigenvalue weighted by atomic mass is 9.96. The molecule has 0 aromatic heterocycles. The number of benzene rings is 1. The Bertz CT molecular complexity index is 1540. The molecule has 45 heavy (non-hydrogen) atoms. The first kappa shape index (κ1) is 32.5. The number of alkyl halides is 3. The summed E-state index contributed by atoms with van der Waals surface area (Å²) in [5.74, 6) is -5.61. The molecule has 1 spiro atoms. The zero-order chi connectivity index (χ0) is 33.1. The number of fused-ring (bicyclic) bond motifs is 1. The lowest BCUT2D eigenvalue weighted by Gasteiger charge is -2.36. The number of anilines is 1. The van der Waals surface area contributed by atoms with Crippen LogP contribution in [0.3, 0.4) is 0 Å². The van der Waals surface area contributed by atoms with Gasteiger partial charge in [-0.25, -0.2) is 8.42 Å². The highest BCUT2D eigenvalue weighted by Crippen LogP contribution is 2.42. The molecule has 1 aromatic rings. The number of rotatable bonds is 10. The summed E-state index contributed by atoms with van der Waals surface area (Å²) in [5, 5.41) is 4.40. The average molecular weight is 658 g/mol. The molecule has 0 bridgehead atoms. The van der Waals surface area contributed by atoms with E-state index in [0.29, 0.717) is 12.8 Å².